The smallest absolute Gasteiger partial charge is 0.233 e. The fourth-order valence-electron chi connectivity index (χ4n) is 1.83. The molecular formula is C15H14BrFN2O2. The maximum absolute atomic E-state index is 13.6. The van der Waals surface area contributed by atoms with E-state index in [4.69, 9.17) is 4.74 Å². The maximum atomic E-state index is 13.6. The van der Waals surface area contributed by atoms with Crippen LogP contribution >= 0.6 is 15.9 Å². The highest BCUT2D eigenvalue weighted by molar-refractivity contribution is 9.10. The summed E-state index contributed by atoms with van der Waals surface area (Å²) in [5.74, 6) is -0.921. The van der Waals surface area contributed by atoms with E-state index in [1.165, 1.54) is 25.4 Å². The molecule has 110 valence electrons. The number of carbonyl (C=O) groups excluding carboxylic acids is 1. The zero-order valence-electron chi connectivity index (χ0n) is 11.6. The summed E-state index contributed by atoms with van der Waals surface area (Å²) in [6, 6.07) is 7.95. The Morgan fingerprint density at radius 2 is 2.19 bits per heavy atom. The zero-order chi connectivity index (χ0) is 15.4. The summed E-state index contributed by atoms with van der Waals surface area (Å²) < 4.78 is 19.6. The van der Waals surface area contributed by atoms with Crippen LogP contribution in [-0.4, -0.2) is 18.0 Å². The van der Waals surface area contributed by atoms with E-state index in [0.29, 0.717) is 11.4 Å². The van der Waals surface area contributed by atoms with Crippen LogP contribution in [0.5, 0.6) is 5.75 Å². The molecular weight excluding hydrogens is 339 g/mol. The fraction of sp³-hybridized carbons (Fsp3) is 0.200. The van der Waals surface area contributed by atoms with Crippen molar-refractivity contribution in [3.05, 3.63) is 52.5 Å². The minimum Gasteiger partial charge on any atom is -0.495 e. The summed E-state index contributed by atoms with van der Waals surface area (Å²) in [7, 11) is 1.54. The number of rotatable bonds is 4. The molecule has 0 aliphatic carbocycles. The Kier molecular flexibility index (Phi) is 4.90. The lowest BCUT2D eigenvalue weighted by atomic mass is 10.1. The van der Waals surface area contributed by atoms with Gasteiger partial charge in [-0.15, -0.1) is 0 Å². The third-order valence-corrected chi connectivity index (χ3v) is 3.66. The monoisotopic (exact) mass is 352 g/mol. The maximum Gasteiger partial charge on any atom is 0.233 e. The number of nitrogens with zero attached hydrogens (tertiary/aromatic N) is 1. The number of halogens is 2. The predicted molar refractivity (Wildman–Crippen MR) is 81.9 cm³/mol. The lowest BCUT2D eigenvalue weighted by Gasteiger charge is -2.13. The van der Waals surface area contributed by atoms with E-state index < -0.39 is 11.7 Å². The number of carbonyl (C=O) groups is 1. The summed E-state index contributed by atoms with van der Waals surface area (Å²) in [5, 5.41) is 2.72. The Labute approximate surface area is 130 Å². The Morgan fingerprint density at radius 1 is 1.43 bits per heavy atom. The largest absolute Gasteiger partial charge is 0.495 e. The number of hydrogen-bond acceptors (Lipinski definition) is 3. The van der Waals surface area contributed by atoms with E-state index in [2.05, 4.69) is 26.2 Å². The van der Waals surface area contributed by atoms with Crippen LogP contribution in [0.4, 0.5) is 10.1 Å². The molecule has 1 N–H and O–H groups in total. The molecule has 1 amide bonds. The third kappa shape index (κ3) is 3.58. The normalized spacial score (nSPS) is 11.8. The third-order valence-electron chi connectivity index (χ3n) is 3.01. The van der Waals surface area contributed by atoms with Gasteiger partial charge in [0.05, 0.1) is 23.2 Å². The van der Waals surface area contributed by atoms with E-state index in [9.17, 15) is 9.18 Å². The molecule has 2 rings (SSSR count). The molecule has 0 spiro atoms. The van der Waals surface area contributed by atoms with Crippen LogP contribution in [0.2, 0.25) is 0 Å². The molecule has 0 saturated heterocycles. The van der Waals surface area contributed by atoms with Gasteiger partial charge in [0.15, 0.2) is 0 Å². The second-order valence-electron chi connectivity index (χ2n) is 4.43. The Hall–Kier alpha value is -1.95. The topological polar surface area (TPSA) is 51.2 Å². The highest BCUT2D eigenvalue weighted by atomic mass is 79.9. The first-order valence-corrected chi connectivity index (χ1v) is 7.07. The molecule has 0 unspecified atom stereocenters. The van der Waals surface area contributed by atoms with Gasteiger partial charge in [-0.1, -0.05) is 0 Å². The number of nitrogens with one attached hydrogen (secondary N) is 1. The van der Waals surface area contributed by atoms with E-state index in [1.54, 1.807) is 25.1 Å². The van der Waals surface area contributed by atoms with Gasteiger partial charge < -0.3 is 10.1 Å². The van der Waals surface area contributed by atoms with E-state index in [-0.39, 0.29) is 11.6 Å². The molecule has 1 atom stereocenters. The molecule has 0 aliphatic heterocycles. The highest BCUT2D eigenvalue weighted by Crippen LogP contribution is 2.28. The molecule has 0 saturated carbocycles. The standard InChI is InChI=1S/C15H14BrFN2O2/c1-9(14-12(17)4-3-7-18-14)15(20)19-10-5-6-11(16)13(8-10)21-2/h3-9H,1-2H3,(H,19,20)/t9-/m0/s1. The van der Waals surface area contributed by atoms with Crippen LogP contribution in [0.25, 0.3) is 0 Å². The van der Waals surface area contributed by atoms with E-state index in [0.717, 1.165) is 4.47 Å². The van der Waals surface area contributed by atoms with Gasteiger partial charge in [0.2, 0.25) is 5.91 Å². The summed E-state index contributed by atoms with van der Waals surface area (Å²) in [5.41, 5.74) is 0.697. The van der Waals surface area contributed by atoms with Crippen LogP contribution in [0.15, 0.2) is 41.0 Å². The van der Waals surface area contributed by atoms with Crippen molar-refractivity contribution in [2.75, 3.05) is 12.4 Å². The molecule has 0 aliphatic rings. The summed E-state index contributed by atoms with van der Waals surface area (Å²) in [6.07, 6.45) is 1.46. The Balaban J connectivity index is 2.16. The van der Waals surface area contributed by atoms with Crippen molar-refractivity contribution < 1.29 is 13.9 Å². The predicted octanol–water partition coefficient (Wildman–Crippen LogP) is 3.73. The SMILES string of the molecule is COc1cc(NC(=O)[C@@H](C)c2ncccc2F)ccc1Br. The number of benzene rings is 1. The molecule has 1 heterocycles. The number of pyridine rings is 1. The van der Waals surface area contributed by atoms with Gasteiger partial charge in [0.1, 0.15) is 11.6 Å². The average molecular weight is 353 g/mol. The molecule has 4 nitrogen and oxygen atoms in total. The Bertz CT molecular complexity index is 664. The highest BCUT2D eigenvalue weighted by Gasteiger charge is 2.20. The molecule has 0 fully saturated rings. The minimum absolute atomic E-state index is 0.124. The molecule has 0 radical (unpaired) electrons. The van der Waals surface area contributed by atoms with Gasteiger partial charge in [-0.05, 0) is 47.1 Å². The summed E-state index contributed by atoms with van der Waals surface area (Å²) >= 11 is 3.33. The van der Waals surface area contributed by atoms with Gasteiger partial charge in [-0.25, -0.2) is 4.39 Å². The molecule has 21 heavy (non-hydrogen) atoms. The van der Waals surface area contributed by atoms with Crippen LogP contribution < -0.4 is 10.1 Å². The number of methoxy groups -OCH3 is 1. The van der Waals surface area contributed by atoms with Gasteiger partial charge in [-0.3, -0.25) is 9.78 Å². The lowest BCUT2D eigenvalue weighted by molar-refractivity contribution is -0.117. The number of hydrogen-bond donors (Lipinski definition) is 1. The van der Waals surface area contributed by atoms with E-state index >= 15 is 0 Å². The average Bonchev–Trinajstić information content (AvgIpc) is 2.49. The van der Waals surface area contributed by atoms with Crippen LogP contribution in [0.3, 0.4) is 0 Å². The molecule has 1 aromatic carbocycles. The van der Waals surface area contributed by atoms with Crippen molar-refractivity contribution in [1.29, 1.82) is 0 Å². The lowest BCUT2D eigenvalue weighted by Crippen LogP contribution is -2.20. The molecule has 1 aromatic heterocycles. The van der Waals surface area contributed by atoms with Crippen LogP contribution in [0.1, 0.15) is 18.5 Å². The van der Waals surface area contributed by atoms with Gasteiger partial charge >= 0.3 is 0 Å². The summed E-state index contributed by atoms with van der Waals surface area (Å²) in [4.78, 5) is 16.1. The fourth-order valence-corrected chi connectivity index (χ4v) is 2.24. The number of ether oxygens (including phenoxy) is 1. The first kappa shape index (κ1) is 15.4. The van der Waals surface area contributed by atoms with Crippen molar-refractivity contribution in [3.8, 4) is 5.75 Å². The molecule has 2 aromatic rings. The summed E-state index contributed by atoms with van der Waals surface area (Å²) in [6.45, 7) is 1.61. The van der Waals surface area contributed by atoms with Crippen molar-refractivity contribution in [2.45, 2.75) is 12.8 Å². The van der Waals surface area contributed by atoms with Gasteiger partial charge in [0.25, 0.3) is 0 Å². The number of aromatic nitrogens is 1. The number of anilines is 1. The zero-order valence-corrected chi connectivity index (χ0v) is 13.1. The number of amides is 1. The van der Waals surface area contributed by atoms with Gasteiger partial charge in [-0.2, -0.15) is 0 Å². The van der Waals surface area contributed by atoms with Crippen molar-refractivity contribution >= 4 is 27.5 Å². The second kappa shape index (κ2) is 6.67. The van der Waals surface area contributed by atoms with Crippen molar-refractivity contribution in [2.24, 2.45) is 0 Å². The molecule has 0 bridgehead atoms. The van der Waals surface area contributed by atoms with Crippen molar-refractivity contribution in [1.82, 2.24) is 4.98 Å². The Morgan fingerprint density at radius 3 is 2.86 bits per heavy atom. The first-order valence-electron chi connectivity index (χ1n) is 6.27. The first-order chi connectivity index (χ1) is 10.0. The second-order valence-corrected chi connectivity index (χ2v) is 5.29. The van der Waals surface area contributed by atoms with Crippen LogP contribution in [0, 0.1) is 5.82 Å². The van der Waals surface area contributed by atoms with E-state index in [1.807, 2.05) is 0 Å². The van der Waals surface area contributed by atoms with Gasteiger partial charge in [0, 0.05) is 18.0 Å². The minimum atomic E-state index is -0.694. The quantitative estimate of drug-likeness (QED) is 0.911. The van der Waals surface area contributed by atoms with Crippen molar-refractivity contribution in [3.63, 3.8) is 0 Å². The van der Waals surface area contributed by atoms with Crippen LogP contribution in [-0.2, 0) is 4.79 Å². The molecule has 6 heteroatoms.